The largest absolute Gasteiger partial charge is 0.381 e. The molecule has 2 aliphatic rings. The smallest absolute Gasteiger partial charge is 0.254 e. The van der Waals surface area contributed by atoms with Crippen molar-refractivity contribution in [3.63, 3.8) is 0 Å². The second-order valence-corrected chi connectivity index (χ2v) is 5.81. The first-order valence-electron chi connectivity index (χ1n) is 6.53. The predicted molar refractivity (Wildman–Crippen MR) is 63.0 cm³/mol. The molecule has 1 unspecified atom stereocenters. The van der Waals surface area contributed by atoms with Crippen molar-refractivity contribution in [2.75, 3.05) is 6.54 Å². The van der Waals surface area contributed by atoms with Crippen molar-refractivity contribution in [1.29, 1.82) is 0 Å². The first kappa shape index (κ1) is 11.9. The highest BCUT2D eigenvalue weighted by atomic mass is 16.3. The number of nitrogens with zero attached hydrogens (tertiary/aromatic N) is 1. The number of hydrogen-bond donors (Lipinski definition) is 1. The van der Waals surface area contributed by atoms with Gasteiger partial charge in [0.25, 0.3) is 5.91 Å². The molecule has 0 aromatic rings. The van der Waals surface area contributed by atoms with Gasteiger partial charge in [-0.3, -0.25) is 4.79 Å². The molecule has 0 spiro atoms. The molecule has 1 heterocycles. The van der Waals surface area contributed by atoms with Crippen LogP contribution in [0.25, 0.3) is 0 Å². The Labute approximate surface area is 97.8 Å². The Morgan fingerprint density at radius 2 is 1.81 bits per heavy atom. The highest BCUT2D eigenvalue weighted by Crippen LogP contribution is 2.36. The summed E-state index contributed by atoms with van der Waals surface area (Å²) in [5.41, 5.74) is -1.21. The van der Waals surface area contributed by atoms with Crippen molar-refractivity contribution in [2.24, 2.45) is 5.92 Å². The van der Waals surface area contributed by atoms with Gasteiger partial charge < -0.3 is 10.0 Å². The summed E-state index contributed by atoms with van der Waals surface area (Å²) < 4.78 is 0. The van der Waals surface area contributed by atoms with E-state index in [1.54, 1.807) is 13.8 Å². The molecule has 3 nitrogen and oxygen atoms in total. The fraction of sp³-hybridized carbons (Fsp3) is 0.923. The molecule has 1 atom stereocenters. The van der Waals surface area contributed by atoms with Crippen LogP contribution >= 0.6 is 0 Å². The van der Waals surface area contributed by atoms with Gasteiger partial charge in [-0.25, -0.2) is 0 Å². The molecule has 0 aromatic carbocycles. The van der Waals surface area contributed by atoms with Gasteiger partial charge in [0.15, 0.2) is 0 Å². The summed E-state index contributed by atoms with van der Waals surface area (Å²) in [5.74, 6) is 0.607. The third-order valence-electron chi connectivity index (χ3n) is 4.03. The first-order chi connectivity index (χ1) is 7.50. The topological polar surface area (TPSA) is 40.5 Å². The number of likely N-dealkylation sites (tertiary alicyclic amines) is 1. The van der Waals surface area contributed by atoms with Gasteiger partial charge in [0.05, 0.1) is 0 Å². The van der Waals surface area contributed by atoms with E-state index in [2.05, 4.69) is 0 Å². The maximum Gasteiger partial charge on any atom is 0.254 e. The Morgan fingerprint density at radius 3 is 2.38 bits per heavy atom. The fourth-order valence-corrected chi connectivity index (χ4v) is 3.23. The van der Waals surface area contributed by atoms with E-state index < -0.39 is 5.60 Å². The van der Waals surface area contributed by atoms with Gasteiger partial charge in [-0.15, -0.1) is 0 Å². The monoisotopic (exact) mass is 225 g/mol. The van der Waals surface area contributed by atoms with Crippen LogP contribution < -0.4 is 0 Å². The van der Waals surface area contributed by atoms with Crippen molar-refractivity contribution in [3.8, 4) is 0 Å². The van der Waals surface area contributed by atoms with Gasteiger partial charge in [0.1, 0.15) is 5.60 Å². The van der Waals surface area contributed by atoms with Crippen molar-refractivity contribution in [1.82, 2.24) is 4.90 Å². The summed E-state index contributed by atoms with van der Waals surface area (Å²) in [4.78, 5) is 14.1. The molecule has 16 heavy (non-hydrogen) atoms. The Bertz CT molecular complexity index is 264. The van der Waals surface area contributed by atoms with Crippen LogP contribution in [0.5, 0.6) is 0 Å². The quantitative estimate of drug-likeness (QED) is 0.780. The normalized spacial score (nSPS) is 27.7. The van der Waals surface area contributed by atoms with Gasteiger partial charge in [0.2, 0.25) is 0 Å². The predicted octanol–water partition coefficient (Wildman–Crippen LogP) is 1.94. The second-order valence-electron chi connectivity index (χ2n) is 5.81. The molecule has 2 rings (SSSR count). The highest BCUT2D eigenvalue weighted by molar-refractivity contribution is 5.84. The Balaban J connectivity index is 2.05. The second kappa shape index (κ2) is 4.36. The van der Waals surface area contributed by atoms with E-state index in [1.165, 1.54) is 25.7 Å². The SMILES string of the molecule is CC(C)(O)C(=O)N1CCCC1C1CCCC1. The summed E-state index contributed by atoms with van der Waals surface area (Å²) in [6.45, 7) is 4.03. The molecule has 0 aromatic heterocycles. The molecule has 1 aliphatic heterocycles. The number of carbonyl (C=O) groups is 1. The minimum absolute atomic E-state index is 0.0816. The summed E-state index contributed by atoms with van der Waals surface area (Å²) >= 11 is 0. The lowest BCUT2D eigenvalue weighted by Gasteiger charge is -2.33. The van der Waals surface area contributed by atoms with Crippen LogP contribution in [0.4, 0.5) is 0 Å². The number of aliphatic hydroxyl groups is 1. The molecule has 1 N–H and O–H groups in total. The minimum Gasteiger partial charge on any atom is -0.381 e. The Morgan fingerprint density at radius 1 is 1.19 bits per heavy atom. The van der Waals surface area contributed by atoms with E-state index in [4.69, 9.17) is 0 Å². The van der Waals surface area contributed by atoms with Crippen LogP contribution in [0.3, 0.4) is 0 Å². The lowest BCUT2D eigenvalue weighted by atomic mass is 9.95. The highest BCUT2D eigenvalue weighted by Gasteiger charge is 2.40. The summed E-state index contributed by atoms with van der Waals surface area (Å²) in [7, 11) is 0. The number of amides is 1. The van der Waals surface area contributed by atoms with Crippen LogP contribution in [0, 0.1) is 5.92 Å². The van der Waals surface area contributed by atoms with Crippen molar-refractivity contribution in [2.45, 2.75) is 64.0 Å². The van der Waals surface area contributed by atoms with Crippen molar-refractivity contribution >= 4 is 5.91 Å². The molecule has 1 aliphatic carbocycles. The molecule has 0 radical (unpaired) electrons. The molecule has 3 heteroatoms. The maximum atomic E-state index is 12.1. The van der Waals surface area contributed by atoms with Gasteiger partial charge >= 0.3 is 0 Å². The van der Waals surface area contributed by atoms with Crippen LogP contribution in [0.2, 0.25) is 0 Å². The molecule has 1 amide bonds. The van der Waals surface area contributed by atoms with E-state index in [0.29, 0.717) is 12.0 Å². The maximum absolute atomic E-state index is 12.1. The first-order valence-corrected chi connectivity index (χ1v) is 6.53. The van der Waals surface area contributed by atoms with Crippen LogP contribution in [0.15, 0.2) is 0 Å². The van der Waals surface area contributed by atoms with E-state index in [1.807, 2.05) is 4.90 Å². The van der Waals surface area contributed by atoms with E-state index in [-0.39, 0.29) is 5.91 Å². The van der Waals surface area contributed by atoms with Gasteiger partial charge in [-0.2, -0.15) is 0 Å². The standard InChI is InChI=1S/C13H23NO2/c1-13(2,16)12(15)14-9-5-8-11(14)10-6-3-4-7-10/h10-11,16H,3-9H2,1-2H3. The minimum atomic E-state index is -1.21. The van der Waals surface area contributed by atoms with Crippen LogP contribution in [-0.4, -0.2) is 34.1 Å². The van der Waals surface area contributed by atoms with Gasteiger partial charge in [-0.05, 0) is 45.4 Å². The Hall–Kier alpha value is -0.570. The lowest BCUT2D eigenvalue weighted by Crippen LogP contribution is -2.49. The van der Waals surface area contributed by atoms with E-state index in [9.17, 15) is 9.90 Å². The fourth-order valence-electron chi connectivity index (χ4n) is 3.23. The van der Waals surface area contributed by atoms with E-state index >= 15 is 0 Å². The number of carbonyl (C=O) groups excluding carboxylic acids is 1. The zero-order valence-electron chi connectivity index (χ0n) is 10.4. The van der Waals surface area contributed by atoms with Gasteiger partial charge in [0, 0.05) is 12.6 Å². The molecular formula is C13H23NO2. The van der Waals surface area contributed by atoms with Gasteiger partial charge in [-0.1, -0.05) is 12.8 Å². The van der Waals surface area contributed by atoms with Crippen LogP contribution in [-0.2, 0) is 4.79 Å². The molecule has 0 bridgehead atoms. The molecule has 92 valence electrons. The molecule has 1 saturated carbocycles. The third kappa shape index (κ3) is 2.24. The molecular weight excluding hydrogens is 202 g/mol. The Kier molecular flexibility index (Phi) is 3.24. The third-order valence-corrected chi connectivity index (χ3v) is 4.03. The average Bonchev–Trinajstić information content (AvgIpc) is 2.85. The number of rotatable bonds is 2. The summed E-state index contributed by atoms with van der Waals surface area (Å²) in [6, 6.07) is 0.404. The number of hydrogen-bond acceptors (Lipinski definition) is 2. The van der Waals surface area contributed by atoms with E-state index in [0.717, 1.165) is 19.4 Å². The summed E-state index contributed by atoms with van der Waals surface area (Å²) in [5, 5.41) is 9.82. The molecule has 1 saturated heterocycles. The zero-order valence-corrected chi connectivity index (χ0v) is 10.4. The molecule has 2 fully saturated rings. The average molecular weight is 225 g/mol. The van der Waals surface area contributed by atoms with Crippen LogP contribution in [0.1, 0.15) is 52.4 Å². The van der Waals surface area contributed by atoms with Crippen molar-refractivity contribution in [3.05, 3.63) is 0 Å². The van der Waals surface area contributed by atoms with Crippen molar-refractivity contribution < 1.29 is 9.90 Å². The lowest BCUT2D eigenvalue weighted by molar-refractivity contribution is -0.149. The zero-order chi connectivity index (χ0) is 11.8. The summed E-state index contributed by atoms with van der Waals surface area (Å²) in [6.07, 6.45) is 7.38.